The molecule has 0 radical (unpaired) electrons. The monoisotopic (exact) mass is 418 g/mol. The van der Waals surface area contributed by atoms with E-state index in [1.54, 1.807) is 11.3 Å². The van der Waals surface area contributed by atoms with E-state index in [-0.39, 0.29) is 12.3 Å². The number of thiazole rings is 1. The minimum atomic E-state index is -0.743. The minimum Gasteiger partial charge on any atom is -0.493 e. The fraction of sp³-hybridized carbons (Fsp3) is 0.292. The molecule has 0 saturated heterocycles. The Morgan fingerprint density at radius 2 is 2.10 bits per heavy atom. The summed E-state index contributed by atoms with van der Waals surface area (Å²) in [6, 6.07) is 15.6. The molecule has 2 aromatic carbocycles. The largest absolute Gasteiger partial charge is 0.493 e. The first-order valence-electron chi connectivity index (χ1n) is 9.97. The second-order valence-corrected chi connectivity index (χ2v) is 8.71. The van der Waals surface area contributed by atoms with Gasteiger partial charge in [-0.15, -0.1) is 11.3 Å². The molecule has 4 rings (SSSR count). The van der Waals surface area contributed by atoms with Crippen LogP contribution in [0.1, 0.15) is 46.0 Å². The molecule has 1 heterocycles. The number of hydrogen-bond acceptors (Lipinski definition) is 5. The second kappa shape index (κ2) is 8.68. The Labute approximate surface area is 179 Å². The summed E-state index contributed by atoms with van der Waals surface area (Å²) in [6.45, 7) is 2.60. The molecule has 6 heteroatoms. The number of fused-ring (bicyclic) bond motifs is 1. The van der Waals surface area contributed by atoms with Crippen molar-refractivity contribution in [2.75, 3.05) is 6.61 Å². The Bertz CT molecular complexity index is 1110. The van der Waals surface area contributed by atoms with Crippen molar-refractivity contribution in [2.45, 2.75) is 38.5 Å². The quantitative estimate of drug-likeness (QED) is 0.576. The fourth-order valence-electron chi connectivity index (χ4n) is 3.93. The smallest absolute Gasteiger partial charge is 0.303 e. The van der Waals surface area contributed by atoms with E-state index in [1.165, 1.54) is 10.4 Å². The van der Waals surface area contributed by atoms with Gasteiger partial charge in [-0.2, -0.15) is 5.26 Å². The summed E-state index contributed by atoms with van der Waals surface area (Å²) in [7, 11) is 0. The van der Waals surface area contributed by atoms with E-state index in [9.17, 15) is 4.79 Å². The van der Waals surface area contributed by atoms with Crippen molar-refractivity contribution in [1.29, 1.82) is 5.26 Å². The zero-order chi connectivity index (χ0) is 21.1. The van der Waals surface area contributed by atoms with Crippen LogP contribution in [-0.2, 0) is 17.6 Å². The van der Waals surface area contributed by atoms with Crippen LogP contribution in [-0.4, -0.2) is 22.7 Å². The highest BCUT2D eigenvalue weighted by Gasteiger charge is 2.24. The number of benzene rings is 2. The first-order chi connectivity index (χ1) is 14.5. The lowest BCUT2D eigenvalue weighted by atomic mass is 9.98. The Kier molecular flexibility index (Phi) is 5.82. The van der Waals surface area contributed by atoms with E-state index < -0.39 is 5.97 Å². The van der Waals surface area contributed by atoms with Crippen LogP contribution < -0.4 is 4.74 Å². The van der Waals surface area contributed by atoms with E-state index in [1.807, 2.05) is 42.5 Å². The van der Waals surface area contributed by atoms with Gasteiger partial charge in [0.2, 0.25) is 0 Å². The number of aryl methyl sites for hydroxylation is 2. The average molecular weight is 419 g/mol. The third-order valence-electron chi connectivity index (χ3n) is 5.50. The van der Waals surface area contributed by atoms with E-state index in [0.717, 1.165) is 46.8 Å². The van der Waals surface area contributed by atoms with Gasteiger partial charge in [-0.1, -0.05) is 18.2 Å². The van der Waals surface area contributed by atoms with Gasteiger partial charge in [0, 0.05) is 16.9 Å². The summed E-state index contributed by atoms with van der Waals surface area (Å²) in [4.78, 5) is 16.9. The SMILES string of the molecule is Cc1sc(-c2ccc(C#N)cc2)nc1CCOc1ccc2c(c1)CC[C@H]2CC(=O)O. The maximum absolute atomic E-state index is 11.0. The molecule has 0 bridgehead atoms. The van der Waals surface area contributed by atoms with Crippen LogP contribution in [0.3, 0.4) is 0 Å². The van der Waals surface area contributed by atoms with Gasteiger partial charge in [-0.3, -0.25) is 4.79 Å². The molecule has 1 aromatic heterocycles. The molecule has 3 aromatic rings. The maximum Gasteiger partial charge on any atom is 0.303 e. The summed E-state index contributed by atoms with van der Waals surface area (Å²) in [5.41, 5.74) is 5.04. The van der Waals surface area contributed by atoms with Gasteiger partial charge in [0.1, 0.15) is 10.8 Å². The summed E-state index contributed by atoms with van der Waals surface area (Å²) < 4.78 is 5.96. The Balaban J connectivity index is 1.37. The normalized spacial score (nSPS) is 14.9. The summed E-state index contributed by atoms with van der Waals surface area (Å²) in [5.74, 6) is 0.196. The zero-order valence-corrected chi connectivity index (χ0v) is 17.5. The number of carboxylic acids is 1. The lowest BCUT2D eigenvalue weighted by molar-refractivity contribution is -0.137. The molecular formula is C24H22N2O3S. The van der Waals surface area contributed by atoms with Crippen LogP contribution in [0.25, 0.3) is 10.6 Å². The molecule has 0 aliphatic heterocycles. The Morgan fingerprint density at radius 3 is 2.83 bits per heavy atom. The highest BCUT2D eigenvalue weighted by Crippen LogP contribution is 2.37. The summed E-state index contributed by atoms with van der Waals surface area (Å²) in [6.07, 6.45) is 2.71. The number of rotatable bonds is 7. The van der Waals surface area contributed by atoms with Crippen molar-refractivity contribution in [3.63, 3.8) is 0 Å². The van der Waals surface area contributed by atoms with Crippen molar-refractivity contribution in [3.8, 4) is 22.4 Å². The van der Waals surface area contributed by atoms with Crippen LogP contribution in [0.2, 0.25) is 0 Å². The van der Waals surface area contributed by atoms with Gasteiger partial charge in [-0.05, 0) is 61.1 Å². The Hall–Kier alpha value is -3.17. The van der Waals surface area contributed by atoms with Crippen LogP contribution in [0.4, 0.5) is 0 Å². The number of aromatic nitrogens is 1. The fourth-order valence-corrected chi connectivity index (χ4v) is 4.90. The number of ether oxygens (including phenoxy) is 1. The molecule has 0 spiro atoms. The molecule has 152 valence electrons. The lowest BCUT2D eigenvalue weighted by Gasteiger charge is -2.10. The highest BCUT2D eigenvalue weighted by molar-refractivity contribution is 7.15. The highest BCUT2D eigenvalue weighted by atomic mass is 32.1. The van der Waals surface area contributed by atoms with Gasteiger partial charge in [0.25, 0.3) is 0 Å². The number of carbonyl (C=O) groups is 1. The molecule has 1 N–H and O–H groups in total. The van der Waals surface area contributed by atoms with Crippen LogP contribution >= 0.6 is 11.3 Å². The minimum absolute atomic E-state index is 0.116. The van der Waals surface area contributed by atoms with E-state index in [2.05, 4.69) is 13.0 Å². The standard InChI is InChI=1S/C24H22N2O3S/c1-15-22(26-24(30-15)17-4-2-16(14-25)3-5-17)10-11-29-20-8-9-21-18(12-20)6-7-19(21)13-23(27)28/h2-5,8-9,12,19H,6-7,10-11,13H2,1H3,(H,27,28)/t19-/m0/s1. The van der Waals surface area contributed by atoms with Crippen molar-refractivity contribution in [2.24, 2.45) is 0 Å². The van der Waals surface area contributed by atoms with Crippen molar-refractivity contribution in [3.05, 3.63) is 69.7 Å². The molecule has 1 aliphatic carbocycles. The van der Waals surface area contributed by atoms with Gasteiger partial charge in [0.05, 0.1) is 30.4 Å². The van der Waals surface area contributed by atoms with Crippen molar-refractivity contribution >= 4 is 17.3 Å². The first kappa shape index (κ1) is 20.1. The molecule has 0 saturated carbocycles. The molecular weight excluding hydrogens is 396 g/mol. The van der Waals surface area contributed by atoms with Crippen molar-refractivity contribution < 1.29 is 14.6 Å². The third-order valence-corrected chi connectivity index (χ3v) is 6.56. The summed E-state index contributed by atoms with van der Waals surface area (Å²) >= 11 is 1.65. The van der Waals surface area contributed by atoms with Crippen LogP contribution in [0, 0.1) is 18.3 Å². The maximum atomic E-state index is 11.0. The predicted molar refractivity (Wildman–Crippen MR) is 116 cm³/mol. The molecule has 30 heavy (non-hydrogen) atoms. The lowest BCUT2D eigenvalue weighted by Crippen LogP contribution is -2.04. The average Bonchev–Trinajstić information content (AvgIpc) is 3.31. The van der Waals surface area contributed by atoms with Gasteiger partial charge in [-0.25, -0.2) is 4.98 Å². The van der Waals surface area contributed by atoms with Crippen LogP contribution in [0.15, 0.2) is 42.5 Å². The number of carboxylic acid groups (broad SMARTS) is 1. The summed E-state index contributed by atoms with van der Waals surface area (Å²) in [5, 5.41) is 18.9. The molecule has 0 unspecified atom stereocenters. The number of aliphatic carboxylic acids is 1. The molecule has 1 atom stereocenters. The van der Waals surface area contributed by atoms with Crippen LogP contribution in [0.5, 0.6) is 5.75 Å². The topological polar surface area (TPSA) is 83.2 Å². The van der Waals surface area contributed by atoms with Gasteiger partial charge >= 0.3 is 5.97 Å². The van der Waals surface area contributed by atoms with Gasteiger partial charge < -0.3 is 9.84 Å². The molecule has 0 amide bonds. The first-order valence-corrected chi connectivity index (χ1v) is 10.8. The zero-order valence-electron chi connectivity index (χ0n) is 16.7. The van der Waals surface area contributed by atoms with E-state index in [0.29, 0.717) is 12.2 Å². The predicted octanol–water partition coefficient (Wildman–Crippen LogP) is 5.12. The van der Waals surface area contributed by atoms with Crippen molar-refractivity contribution in [1.82, 2.24) is 4.98 Å². The van der Waals surface area contributed by atoms with E-state index in [4.69, 9.17) is 20.1 Å². The number of hydrogen-bond donors (Lipinski definition) is 1. The molecule has 0 fully saturated rings. The Morgan fingerprint density at radius 1 is 1.30 bits per heavy atom. The van der Waals surface area contributed by atoms with Gasteiger partial charge in [0.15, 0.2) is 0 Å². The number of nitrogens with zero attached hydrogens (tertiary/aromatic N) is 2. The van der Waals surface area contributed by atoms with E-state index >= 15 is 0 Å². The molecule has 1 aliphatic rings. The number of nitriles is 1. The molecule has 5 nitrogen and oxygen atoms in total. The third kappa shape index (κ3) is 4.37. The second-order valence-electron chi connectivity index (χ2n) is 7.50.